The summed E-state index contributed by atoms with van der Waals surface area (Å²) in [7, 11) is 0. The summed E-state index contributed by atoms with van der Waals surface area (Å²) < 4.78 is 12.2. The molecule has 6 heteroatoms. The van der Waals surface area contributed by atoms with Gasteiger partial charge in [-0.2, -0.15) is 0 Å². The number of nitrogens with one attached hydrogen (secondary N) is 1. The predicted octanol–water partition coefficient (Wildman–Crippen LogP) is 2.21. The quantitative estimate of drug-likeness (QED) is 0.616. The highest BCUT2D eigenvalue weighted by atomic mass is 35.5. The number of carbonyl (C=O) groups excluding carboxylic acids is 1. The lowest BCUT2D eigenvalue weighted by Crippen LogP contribution is -2.19. The van der Waals surface area contributed by atoms with Gasteiger partial charge in [0.25, 0.3) is 11.5 Å². The van der Waals surface area contributed by atoms with Crippen molar-refractivity contribution in [2.45, 2.75) is 5.63 Å². The third-order valence-electron chi connectivity index (χ3n) is 1.19. The number of amides is 1. The lowest BCUT2D eigenvalue weighted by molar-refractivity contribution is -0.118. The second-order valence-corrected chi connectivity index (χ2v) is 2.93. The van der Waals surface area contributed by atoms with Crippen LogP contribution >= 0.6 is 23.2 Å². The van der Waals surface area contributed by atoms with Gasteiger partial charge in [-0.25, -0.2) is 9.37 Å². The smallest absolute Gasteiger partial charge is 0.274 e. The summed E-state index contributed by atoms with van der Waals surface area (Å²) in [6.07, 6.45) is 1.31. The zero-order valence-electron chi connectivity index (χ0n) is 6.30. The molecule has 0 spiro atoms. The Hall–Kier alpha value is -0.870. The molecule has 1 rings (SSSR count). The van der Waals surface area contributed by atoms with Crippen molar-refractivity contribution in [3.05, 3.63) is 23.5 Å². The van der Waals surface area contributed by atoms with E-state index >= 15 is 0 Å². The standard InChI is InChI=1S/C7H5Cl2FN2O/c8-5-2-1-4(3-11-5)12-7(13)6(9)10/h1-3,6H,(H,12,13). The van der Waals surface area contributed by atoms with Gasteiger partial charge in [0.2, 0.25) is 0 Å². The van der Waals surface area contributed by atoms with Crippen LogP contribution in [-0.2, 0) is 4.79 Å². The summed E-state index contributed by atoms with van der Waals surface area (Å²) in [6.45, 7) is 0. The van der Waals surface area contributed by atoms with Gasteiger partial charge < -0.3 is 5.32 Å². The van der Waals surface area contributed by atoms with E-state index in [1.165, 1.54) is 18.3 Å². The predicted molar refractivity (Wildman–Crippen MR) is 48.6 cm³/mol. The van der Waals surface area contributed by atoms with Crippen LogP contribution < -0.4 is 5.32 Å². The van der Waals surface area contributed by atoms with E-state index in [1.807, 2.05) is 0 Å². The average molecular weight is 223 g/mol. The second-order valence-electron chi connectivity index (χ2n) is 2.16. The molecular formula is C7H5Cl2FN2O. The molecule has 1 heterocycles. The molecule has 0 aromatic carbocycles. The number of halogens is 3. The molecule has 70 valence electrons. The highest BCUT2D eigenvalue weighted by Gasteiger charge is 2.12. The molecule has 1 aromatic heterocycles. The maximum atomic E-state index is 12.2. The van der Waals surface area contributed by atoms with Crippen LogP contribution in [0.4, 0.5) is 10.1 Å². The topological polar surface area (TPSA) is 42.0 Å². The summed E-state index contributed by atoms with van der Waals surface area (Å²) >= 11 is 10.4. The van der Waals surface area contributed by atoms with Crippen LogP contribution in [0, 0.1) is 0 Å². The third-order valence-corrected chi connectivity index (χ3v) is 1.61. The number of nitrogens with zero attached hydrogens (tertiary/aromatic N) is 1. The van der Waals surface area contributed by atoms with Crippen LogP contribution in [0.1, 0.15) is 0 Å². The van der Waals surface area contributed by atoms with Crippen LogP contribution in [0.15, 0.2) is 18.3 Å². The van der Waals surface area contributed by atoms with E-state index in [2.05, 4.69) is 10.3 Å². The van der Waals surface area contributed by atoms with Crippen LogP contribution in [0.3, 0.4) is 0 Å². The highest BCUT2D eigenvalue weighted by molar-refractivity contribution is 6.31. The molecular weight excluding hydrogens is 218 g/mol. The summed E-state index contributed by atoms with van der Waals surface area (Å²) in [4.78, 5) is 14.4. The molecule has 1 N–H and O–H groups in total. The van der Waals surface area contributed by atoms with Crippen molar-refractivity contribution in [3.63, 3.8) is 0 Å². The molecule has 3 nitrogen and oxygen atoms in total. The molecule has 0 radical (unpaired) electrons. The summed E-state index contributed by atoms with van der Waals surface area (Å²) in [5, 5.41) is 2.49. The first kappa shape index (κ1) is 10.2. The molecule has 0 saturated heterocycles. The van der Waals surface area contributed by atoms with Gasteiger partial charge in [0.1, 0.15) is 5.15 Å². The zero-order chi connectivity index (χ0) is 9.84. The van der Waals surface area contributed by atoms with Gasteiger partial charge in [-0.05, 0) is 12.1 Å². The third kappa shape index (κ3) is 3.16. The van der Waals surface area contributed by atoms with Crippen LogP contribution in [0.5, 0.6) is 0 Å². The number of carbonyl (C=O) groups is 1. The Labute approximate surface area is 83.9 Å². The van der Waals surface area contributed by atoms with Crippen molar-refractivity contribution in [3.8, 4) is 0 Å². The monoisotopic (exact) mass is 222 g/mol. The number of aromatic nitrogens is 1. The minimum atomic E-state index is -2.06. The molecule has 1 aromatic rings. The maximum Gasteiger partial charge on any atom is 0.274 e. The van der Waals surface area contributed by atoms with Gasteiger partial charge in [-0.15, -0.1) is 0 Å². The largest absolute Gasteiger partial charge is 0.321 e. The SMILES string of the molecule is O=C(Nc1ccc(Cl)nc1)C(F)Cl. The van der Waals surface area contributed by atoms with E-state index in [0.717, 1.165) is 0 Å². The number of hydrogen-bond donors (Lipinski definition) is 1. The first-order valence-electron chi connectivity index (χ1n) is 3.30. The summed E-state index contributed by atoms with van der Waals surface area (Å²) in [6, 6.07) is 2.96. The maximum absolute atomic E-state index is 12.2. The Morgan fingerprint density at radius 1 is 1.62 bits per heavy atom. The van der Waals surface area contributed by atoms with Crippen LogP contribution in [0.25, 0.3) is 0 Å². The van der Waals surface area contributed by atoms with E-state index in [-0.39, 0.29) is 0 Å². The van der Waals surface area contributed by atoms with E-state index in [4.69, 9.17) is 23.2 Å². The van der Waals surface area contributed by atoms with Gasteiger partial charge in [-0.3, -0.25) is 4.79 Å². The van der Waals surface area contributed by atoms with Crippen molar-refractivity contribution >= 4 is 34.8 Å². The first-order valence-corrected chi connectivity index (χ1v) is 4.11. The molecule has 0 bridgehead atoms. The lowest BCUT2D eigenvalue weighted by Gasteiger charge is -2.03. The van der Waals surface area contributed by atoms with Gasteiger partial charge in [0.05, 0.1) is 11.9 Å². The summed E-state index contributed by atoms with van der Waals surface area (Å²) in [5.41, 5.74) is -1.71. The fraction of sp³-hybridized carbons (Fsp3) is 0.143. The lowest BCUT2D eigenvalue weighted by atomic mass is 10.4. The highest BCUT2D eigenvalue weighted by Crippen LogP contribution is 2.10. The Morgan fingerprint density at radius 2 is 2.31 bits per heavy atom. The fourth-order valence-electron chi connectivity index (χ4n) is 0.647. The zero-order valence-corrected chi connectivity index (χ0v) is 7.81. The molecule has 0 saturated carbocycles. The number of alkyl halides is 2. The Balaban J connectivity index is 2.65. The molecule has 13 heavy (non-hydrogen) atoms. The van der Waals surface area contributed by atoms with E-state index in [9.17, 15) is 9.18 Å². The van der Waals surface area contributed by atoms with Crippen molar-refractivity contribution < 1.29 is 9.18 Å². The molecule has 1 atom stereocenters. The number of rotatable bonds is 2. The van der Waals surface area contributed by atoms with E-state index in [1.54, 1.807) is 0 Å². The molecule has 0 aliphatic carbocycles. The molecule has 0 aliphatic rings. The Bertz CT molecular complexity index is 302. The van der Waals surface area contributed by atoms with Gasteiger partial charge in [0.15, 0.2) is 0 Å². The number of anilines is 1. The number of pyridine rings is 1. The average Bonchev–Trinajstić information content (AvgIpc) is 2.08. The Morgan fingerprint density at radius 3 is 2.77 bits per heavy atom. The van der Waals surface area contributed by atoms with E-state index < -0.39 is 11.5 Å². The first-order chi connectivity index (χ1) is 6.09. The second kappa shape index (κ2) is 4.39. The Kier molecular flexibility index (Phi) is 3.45. The minimum absolute atomic E-state index is 0.292. The van der Waals surface area contributed by atoms with Gasteiger partial charge in [-0.1, -0.05) is 23.2 Å². The van der Waals surface area contributed by atoms with E-state index in [0.29, 0.717) is 10.8 Å². The van der Waals surface area contributed by atoms with Crippen LogP contribution in [-0.4, -0.2) is 16.5 Å². The van der Waals surface area contributed by atoms with Gasteiger partial charge in [0, 0.05) is 0 Å². The number of hydrogen-bond acceptors (Lipinski definition) is 2. The van der Waals surface area contributed by atoms with Crippen molar-refractivity contribution in [1.82, 2.24) is 4.98 Å². The molecule has 1 unspecified atom stereocenters. The van der Waals surface area contributed by atoms with Crippen LogP contribution in [0.2, 0.25) is 5.15 Å². The molecule has 0 fully saturated rings. The summed E-state index contributed by atoms with van der Waals surface area (Å²) in [5.74, 6) is -0.925. The normalized spacial score (nSPS) is 12.2. The molecule has 0 aliphatic heterocycles. The van der Waals surface area contributed by atoms with Gasteiger partial charge >= 0.3 is 0 Å². The van der Waals surface area contributed by atoms with Crippen molar-refractivity contribution in [2.24, 2.45) is 0 Å². The molecule has 1 amide bonds. The fourth-order valence-corrected chi connectivity index (χ4v) is 0.813. The minimum Gasteiger partial charge on any atom is -0.321 e. The van der Waals surface area contributed by atoms with Crippen molar-refractivity contribution in [1.29, 1.82) is 0 Å². The van der Waals surface area contributed by atoms with Crippen molar-refractivity contribution in [2.75, 3.05) is 5.32 Å².